The fourth-order valence-corrected chi connectivity index (χ4v) is 2.73. The minimum Gasteiger partial charge on any atom is -0.477 e. The van der Waals surface area contributed by atoms with E-state index in [4.69, 9.17) is 10.8 Å². The molecule has 7 nitrogen and oxygen atoms in total. The molecule has 0 aliphatic carbocycles. The van der Waals surface area contributed by atoms with Gasteiger partial charge < -0.3 is 20.7 Å². The first-order valence-electron chi connectivity index (χ1n) is 6.37. The van der Waals surface area contributed by atoms with Crippen molar-refractivity contribution in [2.75, 3.05) is 6.54 Å². The number of hydrogen-bond acceptors (Lipinski definition) is 3. The number of aryl methyl sites for hydroxylation is 1. The lowest BCUT2D eigenvalue weighted by Crippen LogP contribution is -2.44. The van der Waals surface area contributed by atoms with Crippen LogP contribution in [0, 0.1) is 13.8 Å². The zero-order chi connectivity index (χ0) is 15.0. The molecule has 1 fully saturated rings. The Balaban J connectivity index is 2.39. The van der Waals surface area contributed by atoms with E-state index in [1.165, 1.54) is 4.90 Å². The van der Waals surface area contributed by atoms with Crippen molar-refractivity contribution >= 4 is 17.8 Å². The Morgan fingerprint density at radius 2 is 2.00 bits per heavy atom. The van der Waals surface area contributed by atoms with Crippen LogP contribution < -0.4 is 5.73 Å². The quantitative estimate of drug-likeness (QED) is 0.743. The molecule has 7 heteroatoms. The van der Waals surface area contributed by atoms with Crippen LogP contribution in [-0.2, 0) is 4.79 Å². The SMILES string of the molecule is Cc1[nH]c(C(=O)O)c(C)c1C(=O)N1CCCC1C(N)=O. The number of amides is 2. The van der Waals surface area contributed by atoms with Crippen molar-refractivity contribution in [2.45, 2.75) is 32.7 Å². The third-order valence-corrected chi connectivity index (χ3v) is 3.71. The molecule has 0 radical (unpaired) electrons. The largest absolute Gasteiger partial charge is 0.477 e. The van der Waals surface area contributed by atoms with E-state index in [0.717, 1.165) is 0 Å². The Morgan fingerprint density at radius 3 is 2.50 bits per heavy atom. The number of carbonyl (C=O) groups is 3. The van der Waals surface area contributed by atoms with Crippen molar-refractivity contribution in [3.63, 3.8) is 0 Å². The Bertz CT molecular complexity index is 591. The second kappa shape index (κ2) is 4.99. The number of carboxylic acid groups (broad SMARTS) is 1. The van der Waals surface area contributed by atoms with E-state index in [9.17, 15) is 14.4 Å². The Labute approximate surface area is 115 Å². The van der Waals surface area contributed by atoms with Crippen LogP contribution in [0.4, 0.5) is 0 Å². The lowest BCUT2D eigenvalue weighted by Gasteiger charge is -2.22. The third kappa shape index (κ3) is 2.15. The van der Waals surface area contributed by atoms with Crippen LogP contribution >= 0.6 is 0 Å². The van der Waals surface area contributed by atoms with Gasteiger partial charge in [-0.25, -0.2) is 4.79 Å². The standard InChI is InChI=1S/C13H17N3O4/c1-6-9(7(2)15-10(6)13(19)20)12(18)16-5-3-4-8(16)11(14)17/h8,15H,3-5H2,1-2H3,(H2,14,17)(H,19,20). The summed E-state index contributed by atoms with van der Waals surface area (Å²) in [6.07, 6.45) is 1.27. The smallest absolute Gasteiger partial charge is 0.352 e. The molecular formula is C13H17N3O4. The highest BCUT2D eigenvalue weighted by atomic mass is 16.4. The number of nitrogens with one attached hydrogen (secondary N) is 1. The molecule has 1 aromatic rings. The summed E-state index contributed by atoms with van der Waals surface area (Å²) >= 11 is 0. The lowest BCUT2D eigenvalue weighted by molar-refractivity contribution is -0.121. The molecule has 2 amide bonds. The predicted octanol–water partition coefficient (Wildman–Crippen LogP) is 0.420. The van der Waals surface area contributed by atoms with Crippen LogP contribution in [0.3, 0.4) is 0 Å². The summed E-state index contributed by atoms with van der Waals surface area (Å²) in [5.74, 6) is -1.98. The summed E-state index contributed by atoms with van der Waals surface area (Å²) in [5, 5.41) is 9.06. The van der Waals surface area contributed by atoms with E-state index in [2.05, 4.69) is 4.98 Å². The van der Waals surface area contributed by atoms with Crippen molar-refractivity contribution in [3.8, 4) is 0 Å². The second-order valence-corrected chi connectivity index (χ2v) is 4.99. The van der Waals surface area contributed by atoms with Gasteiger partial charge in [0.25, 0.3) is 5.91 Å². The van der Waals surface area contributed by atoms with Crippen molar-refractivity contribution in [3.05, 3.63) is 22.5 Å². The number of carbonyl (C=O) groups excluding carboxylic acids is 2. The van der Waals surface area contributed by atoms with E-state index in [1.807, 2.05) is 0 Å². The molecule has 0 bridgehead atoms. The molecule has 108 valence electrons. The number of nitrogens with zero attached hydrogens (tertiary/aromatic N) is 1. The fourth-order valence-electron chi connectivity index (χ4n) is 2.73. The lowest BCUT2D eigenvalue weighted by atomic mass is 10.1. The van der Waals surface area contributed by atoms with Crippen molar-refractivity contribution in [1.82, 2.24) is 9.88 Å². The molecule has 2 heterocycles. The zero-order valence-corrected chi connectivity index (χ0v) is 11.4. The minimum absolute atomic E-state index is 0.000622. The van der Waals surface area contributed by atoms with Gasteiger partial charge in [0, 0.05) is 12.2 Å². The van der Waals surface area contributed by atoms with Gasteiger partial charge in [0.05, 0.1) is 5.56 Å². The van der Waals surface area contributed by atoms with Crippen molar-refractivity contribution in [1.29, 1.82) is 0 Å². The summed E-state index contributed by atoms with van der Waals surface area (Å²) in [4.78, 5) is 39.1. The number of aromatic nitrogens is 1. The number of rotatable bonds is 3. The third-order valence-electron chi connectivity index (χ3n) is 3.71. The minimum atomic E-state index is -1.11. The van der Waals surface area contributed by atoms with Crippen LogP contribution in [0.1, 0.15) is 44.9 Å². The Hall–Kier alpha value is -2.31. The number of hydrogen-bond donors (Lipinski definition) is 3. The molecule has 0 spiro atoms. The van der Waals surface area contributed by atoms with Gasteiger partial charge in [-0.3, -0.25) is 9.59 Å². The number of primary amides is 1. The van der Waals surface area contributed by atoms with E-state index < -0.39 is 17.9 Å². The summed E-state index contributed by atoms with van der Waals surface area (Å²) in [6.45, 7) is 3.68. The molecule has 1 saturated heterocycles. The summed E-state index contributed by atoms with van der Waals surface area (Å²) in [6, 6.07) is -0.607. The normalized spacial score (nSPS) is 18.3. The number of likely N-dealkylation sites (tertiary alicyclic amines) is 1. The molecule has 1 atom stereocenters. The number of aromatic amines is 1. The summed E-state index contributed by atoms with van der Waals surface area (Å²) in [7, 11) is 0. The van der Waals surface area contributed by atoms with Gasteiger partial charge in [0.1, 0.15) is 11.7 Å². The molecule has 0 aromatic carbocycles. The average molecular weight is 279 g/mol. The van der Waals surface area contributed by atoms with Gasteiger partial charge in [0.15, 0.2) is 0 Å². The molecule has 0 saturated carbocycles. The van der Waals surface area contributed by atoms with E-state index in [0.29, 0.717) is 36.2 Å². The maximum atomic E-state index is 12.5. The highest BCUT2D eigenvalue weighted by Crippen LogP contribution is 2.25. The first-order chi connectivity index (χ1) is 9.34. The first kappa shape index (κ1) is 14.1. The van der Waals surface area contributed by atoms with Crippen LogP contribution in [0.5, 0.6) is 0 Å². The van der Waals surface area contributed by atoms with Gasteiger partial charge in [0.2, 0.25) is 5.91 Å². The number of carboxylic acids is 1. The second-order valence-electron chi connectivity index (χ2n) is 4.99. The van der Waals surface area contributed by atoms with E-state index in [-0.39, 0.29) is 11.6 Å². The molecule has 1 aliphatic heterocycles. The average Bonchev–Trinajstić information content (AvgIpc) is 2.93. The van der Waals surface area contributed by atoms with Gasteiger partial charge >= 0.3 is 5.97 Å². The number of nitrogens with two attached hydrogens (primary N) is 1. The number of H-pyrrole nitrogens is 1. The molecule has 1 aromatic heterocycles. The predicted molar refractivity (Wildman–Crippen MR) is 70.5 cm³/mol. The maximum Gasteiger partial charge on any atom is 0.352 e. The number of aromatic carboxylic acids is 1. The Kier molecular flexibility index (Phi) is 3.52. The van der Waals surface area contributed by atoms with Crippen LogP contribution in [0.15, 0.2) is 0 Å². The summed E-state index contributed by atoms with van der Waals surface area (Å²) < 4.78 is 0. The van der Waals surface area contributed by atoms with Gasteiger partial charge in [-0.2, -0.15) is 0 Å². The topological polar surface area (TPSA) is 116 Å². The maximum absolute atomic E-state index is 12.5. The van der Waals surface area contributed by atoms with Crippen molar-refractivity contribution < 1.29 is 19.5 Å². The monoisotopic (exact) mass is 279 g/mol. The Morgan fingerprint density at radius 1 is 1.35 bits per heavy atom. The van der Waals surface area contributed by atoms with Gasteiger partial charge in [-0.1, -0.05) is 0 Å². The molecule has 2 rings (SSSR count). The molecule has 4 N–H and O–H groups in total. The van der Waals surface area contributed by atoms with Crippen LogP contribution in [-0.4, -0.2) is 45.4 Å². The van der Waals surface area contributed by atoms with Gasteiger partial charge in [-0.05, 0) is 32.3 Å². The molecule has 20 heavy (non-hydrogen) atoms. The summed E-state index contributed by atoms with van der Waals surface area (Å²) in [5.41, 5.74) is 6.49. The van der Waals surface area contributed by atoms with Crippen LogP contribution in [0.25, 0.3) is 0 Å². The molecule has 1 unspecified atom stereocenters. The highest BCUT2D eigenvalue weighted by molar-refractivity contribution is 6.02. The first-order valence-corrected chi connectivity index (χ1v) is 6.37. The zero-order valence-electron chi connectivity index (χ0n) is 11.4. The molecular weight excluding hydrogens is 262 g/mol. The van der Waals surface area contributed by atoms with Gasteiger partial charge in [-0.15, -0.1) is 0 Å². The van der Waals surface area contributed by atoms with E-state index >= 15 is 0 Å². The fraction of sp³-hybridized carbons (Fsp3) is 0.462. The van der Waals surface area contributed by atoms with Crippen LogP contribution in [0.2, 0.25) is 0 Å². The highest BCUT2D eigenvalue weighted by Gasteiger charge is 2.35. The van der Waals surface area contributed by atoms with Crippen molar-refractivity contribution in [2.24, 2.45) is 5.73 Å². The molecule has 1 aliphatic rings. The van der Waals surface area contributed by atoms with E-state index in [1.54, 1.807) is 13.8 Å².